The van der Waals surface area contributed by atoms with E-state index >= 15 is 0 Å². The van der Waals surface area contributed by atoms with E-state index in [0.717, 1.165) is 11.1 Å². The van der Waals surface area contributed by atoms with E-state index < -0.39 is 0 Å². The first kappa shape index (κ1) is 15.2. The molecule has 0 saturated carbocycles. The van der Waals surface area contributed by atoms with Gasteiger partial charge < -0.3 is 4.74 Å². The van der Waals surface area contributed by atoms with Crippen molar-refractivity contribution in [3.8, 4) is 0 Å². The van der Waals surface area contributed by atoms with Crippen LogP contribution in [-0.2, 0) is 16.0 Å². The van der Waals surface area contributed by atoms with Crippen molar-refractivity contribution in [2.45, 2.75) is 33.1 Å². The second-order valence-electron chi connectivity index (χ2n) is 4.30. The summed E-state index contributed by atoms with van der Waals surface area (Å²) in [6.45, 7) is 7.69. The van der Waals surface area contributed by atoms with Gasteiger partial charge in [0.1, 0.15) is 0 Å². The molecule has 0 aromatic heterocycles. The molecule has 0 aliphatic heterocycles. The van der Waals surface area contributed by atoms with Crippen molar-refractivity contribution >= 4 is 11.8 Å². The molecule has 0 saturated heterocycles. The van der Waals surface area contributed by atoms with E-state index in [4.69, 9.17) is 4.74 Å². The molecule has 0 aliphatic carbocycles. The SMILES string of the molecule is C=C(CCc1cccc(C(=O)CC)c1)C(=O)OCC. The van der Waals surface area contributed by atoms with Crippen molar-refractivity contribution in [3.05, 3.63) is 47.5 Å². The smallest absolute Gasteiger partial charge is 0.333 e. The lowest BCUT2D eigenvalue weighted by Crippen LogP contribution is -2.07. The molecule has 0 fully saturated rings. The number of hydrogen-bond donors (Lipinski definition) is 0. The van der Waals surface area contributed by atoms with Gasteiger partial charge >= 0.3 is 5.97 Å². The summed E-state index contributed by atoms with van der Waals surface area (Å²) in [6.07, 6.45) is 1.73. The Bertz CT molecular complexity index is 475. The Morgan fingerprint density at radius 2 is 2.00 bits per heavy atom. The maximum absolute atomic E-state index is 11.6. The topological polar surface area (TPSA) is 43.4 Å². The third kappa shape index (κ3) is 4.70. The number of ether oxygens (including phenoxy) is 1. The van der Waals surface area contributed by atoms with Gasteiger partial charge in [-0.05, 0) is 31.4 Å². The second-order valence-corrected chi connectivity index (χ2v) is 4.30. The minimum Gasteiger partial charge on any atom is -0.463 e. The highest BCUT2D eigenvalue weighted by Crippen LogP contribution is 2.12. The van der Waals surface area contributed by atoms with Crippen LogP contribution < -0.4 is 0 Å². The van der Waals surface area contributed by atoms with Gasteiger partial charge in [-0.25, -0.2) is 4.79 Å². The van der Waals surface area contributed by atoms with E-state index in [1.807, 2.05) is 31.2 Å². The van der Waals surface area contributed by atoms with Crippen molar-refractivity contribution < 1.29 is 14.3 Å². The molecule has 3 heteroatoms. The van der Waals surface area contributed by atoms with Crippen LogP contribution in [0.1, 0.15) is 42.6 Å². The lowest BCUT2D eigenvalue weighted by atomic mass is 10.0. The number of aryl methyl sites for hydroxylation is 1. The van der Waals surface area contributed by atoms with Crippen molar-refractivity contribution in [3.63, 3.8) is 0 Å². The number of benzene rings is 1. The van der Waals surface area contributed by atoms with Gasteiger partial charge in [-0.3, -0.25) is 4.79 Å². The molecule has 0 unspecified atom stereocenters. The Morgan fingerprint density at radius 1 is 1.26 bits per heavy atom. The molecule has 0 N–H and O–H groups in total. The predicted octanol–water partition coefficient (Wildman–Crippen LogP) is 3.33. The third-order valence-electron chi connectivity index (χ3n) is 2.85. The Kier molecular flexibility index (Phi) is 6.00. The fraction of sp³-hybridized carbons (Fsp3) is 0.375. The Labute approximate surface area is 114 Å². The van der Waals surface area contributed by atoms with Crippen LogP contribution in [0.5, 0.6) is 0 Å². The highest BCUT2D eigenvalue weighted by atomic mass is 16.5. The number of hydrogen-bond acceptors (Lipinski definition) is 3. The average Bonchev–Trinajstić information content (AvgIpc) is 2.44. The van der Waals surface area contributed by atoms with Crippen LogP contribution >= 0.6 is 0 Å². The molecule has 1 rings (SSSR count). The van der Waals surface area contributed by atoms with Gasteiger partial charge in [0.15, 0.2) is 5.78 Å². The quantitative estimate of drug-likeness (QED) is 0.429. The van der Waals surface area contributed by atoms with Crippen molar-refractivity contribution in [1.82, 2.24) is 0 Å². The summed E-state index contributed by atoms with van der Waals surface area (Å²) < 4.78 is 4.88. The normalized spacial score (nSPS) is 10.0. The van der Waals surface area contributed by atoms with Crippen molar-refractivity contribution in [2.24, 2.45) is 0 Å². The molecule has 1 aromatic carbocycles. The standard InChI is InChI=1S/C16H20O3/c1-4-15(17)14-8-6-7-13(11-14)10-9-12(3)16(18)19-5-2/h6-8,11H,3-5,9-10H2,1-2H3. The van der Waals surface area contributed by atoms with Crippen molar-refractivity contribution in [1.29, 1.82) is 0 Å². The predicted molar refractivity (Wildman–Crippen MR) is 75.2 cm³/mol. The third-order valence-corrected chi connectivity index (χ3v) is 2.85. The van der Waals surface area contributed by atoms with Gasteiger partial charge in [-0.2, -0.15) is 0 Å². The second kappa shape index (κ2) is 7.52. The molecule has 0 heterocycles. The number of carbonyl (C=O) groups excluding carboxylic acids is 2. The van der Waals surface area contributed by atoms with Crippen LogP contribution in [0.2, 0.25) is 0 Å². The van der Waals surface area contributed by atoms with E-state index in [9.17, 15) is 9.59 Å². The minimum absolute atomic E-state index is 0.131. The van der Waals surface area contributed by atoms with Crippen LogP contribution in [0.4, 0.5) is 0 Å². The van der Waals surface area contributed by atoms with Gasteiger partial charge in [0.05, 0.1) is 6.61 Å². The first-order chi connectivity index (χ1) is 9.08. The van der Waals surface area contributed by atoms with E-state index in [1.165, 1.54) is 0 Å². The summed E-state index contributed by atoms with van der Waals surface area (Å²) >= 11 is 0. The van der Waals surface area contributed by atoms with E-state index in [0.29, 0.717) is 31.4 Å². The van der Waals surface area contributed by atoms with Gasteiger partial charge in [0.25, 0.3) is 0 Å². The molecule has 0 radical (unpaired) electrons. The zero-order valence-corrected chi connectivity index (χ0v) is 11.6. The largest absolute Gasteiger partial charge is 0.463 e. The van der Waals surface area contributed by atoms with Gasteiger partial charge in [-0.15, -0.1) is 0 Å². The number of esters is 1. The summed E-state index contributed by atoms with van der Waals surface area (Å²) in [5.74, 6) is -0.214. The molecule has 102 valence electrons. The fourth-order valence-corrected chi connectivity index (χ4v) is 1.73. The van der Waals surface area contributed by atoms with Crippen molar-refractivity contribution in [2.75, 3.05) is 6.61 Å². The summed E-state index contributed by atoms with van der Waals surface area (Å²) in [4.78, 5) is 23.0. The molecule has 19 heavy (non-hydrogen) atoms. The Hall–Kier alpha value is -1.90. The Morgan fingerprint density at radius 3 is 2.63 bits per heavy atom. The lowest BCUT2D eigenvalue weighted by molar-refractivity contribution is -0.138. The zero-order valence-electron chi connectivity index (χ0n) is 11.6. The first-order valence-corrected chi connectivity index (χ1v) is 6.55. The Balaban J connectivity index is 2.61. The zero-order chi connectivity index (χ0) is 14.3. The molecule has 3 nitrogen and oxygen atoms in total. The van der Waals surface area contributed by atoms with Crippen LogP contribution in [0.3, 0.4) is 0 Å². The molecular weight excluding hydrogens is 240 g/mol. The summed E-state index contributed by atoms with van der Waals surface area (Å²) in [5.41, 5.74) is 2.22. The van der Waals surface area contributed by atoms with Crippen LogP contribution in [0.15, 0.2) is 36.4 Å². The van der Waals surface area contributed by atoms with Crippen LogP contribution in [-0.4, -0.2) is 18.4 Å². The average molecular weight is 260 g/mol. The molecule has 0 spiro atoms. The van der Waals surface area contributed by atoms with Crippen LogP contribution in [0, 0.1) is 0 Å². The first-order valence-electron chi connectivity index (χ1n) is 6.55. The molecular formula is C16H20O3. The van der Waals surface area contributed by atoms with Gasteiger partial charge in [-0.1, -0.05) is 31.7 Å². The molecule has 0 amide bonds. The molecule has 1 aromatic rings. The van der Waals surface area contributed by atoms with E-state index in [1.54, 1.807) is 6.92 Å². The van der Waals surface area contributed by atoms with E-state index in [-0.39, 0.29) is 11.8 Å². The van der Waals surface area contributed by atoms with Gasteiger partial charge in [0.2, 0.25) is 0 Å². The number of Topliss-reactive ketones (excluding diaryl/α,β-unsaturated/α-hetero) is 1. The maximum atomic E-state index is 11.6. The molecule has 0 bridgehead atoms. The van der Waals surface area contributed by atoms with Crippen LogP contribution in [0.25, 0.3) is 0 Å². The summed E-state index contributed by atoms with van der Waals surface area (Å²) in [5, 5.41) is 0. The molecule has 0 aliphatic rings. The maximum Gasteiger partial charge on any atom is 0.333 e. The summed E-state index contributed by atoms with van der Waals surface area (Å²) in [7, 11) is 0. The number of ketones is 1. The fourth-order valence-electron chi connectivity index (χ4n) is 1.73. The highest BCUT2D eigenvalue weighted by molar-refractivity contribution is 5.96. The summed E-state index contributed by atoms with van der Waals surface area (Å²) in [6, 6.07) is 7.51. The molecule has 0 atom stereocenters. The minimum atomic E-state index is -0.344. The van der Waals surface area contributed by atoms with Gasteiger partial charge in [0, 0.05) is 17.6 Å². The number of rotatable bonds is 7. The van der Waals surface area contributed by atoms with E-state index in [2.05, 4.69) is 6.58 Å². The number of carbonyl (C=O) groups is 2. The lowest BCUT2D eigenvalue weighted by Gasteiger charge is -2.06. The highest BCUT2D eigenvalue weighted by Gasteiger charge is 2.08. The monoisotopic (exact) mass is 260 g/mol.